The number of hydrogen-bond donors (Lipinski definition) is 1. The van der Waals surface area contributed by atoms with Crippen LogP contribution in [0.5, 0.6) is 11.5 Å². The van der Waals surface area contributed by atoms with Gasteiger partial charge in [0.25, 0.3) is 0 Å². The second-order valence-corrected chi connectivity index (χ2v) is 7.83. The number of hydrogen-bond acceptors (Lipinski definition) is 5. The lowest BCUT2D eigenvalue weighted by molar-refractivity contribution is -0.147. The predicted octanol–water partition coefficient (Wildman–Crippen LogP) is 2.36. The molecule has 0 unspecified atom stereocenters. The number of ether oxygens (including phenoxy) is 2. The number of Topliss-reactive ketones (excluding diaryl/α,β-unsaturated/α-hetero) is 2. The lowest BCUT2D eigenvalue weighted by Gasteiger charge is -2.37. The first-order valence-corrected chi connectivity index (χ1v) is 8.54. The molecule has 0 aromatic heterocycles. The van der Waals surface area contributed by atoms with Crippen molar-refractivity contribution in [2.45, 2.75) is 33.6 Å². The van der Waals surface area contributed by atoms with Gasteiger partial charge in [-0.3, -0.25) is 14.4 Å². The van der Waals surface area contributed by atoms with Gasteiger partial charge in [0.05, 0.1) is 0 Å². The Kier molecular flexibility index (Phi) is 3.12. The Labute approximate surface area is 145 Å². The van der Waals surface area contributed by atoms with Crippen LogP contribution in [-0.2, 0) is 14.4 Å². The van der Waals surface area contributed by atoms with Gasteiger partial charge in [-0.25, -0.2) is 0 Å². The van der Waals surface area contributed by atoms with E-state index in [0.29, 0.717) is 43.2 Å². The number of rotatable bonds is 2. The van der Waals surface area contributed by atoms with E-state index in [1.807, 2.05) is 13.8 Å². The fraction of sp³-hybridized carbons (Fsp3) is 0.526. The van der Waals surface area contributed by atoms with Gasteiger partial charge in [0.15, 0.2) is 11.5 Å². The third-order valence-electron chi connectivity index (χ3n) is 6.73. The van der Waals surface area contributed by atoms with Crippen molar-refractivity contribution in [3.05, 3.63) is 18.2 Å². The third-order valence-corrected chi connectivity index (χ3v) is 6.73. The molecule has 6 heteroatoms. The molecule has 0 saturated heterocycles. The first kappa shape index (κ1) is 16.1. The highest BCUT2D eigenvalue weighted by atomic mass is 16.6. The molecule has 132 valence electrons. The van der Waals surface area contributed by atoms with E-state index >= 15 is 0 Å². The number of ketones is 2. The molecule has 2 fully saturated rings. The average molecular weight is 343 g/mol. The Morgan fingerprint density at radius 3 is 2.32 bits per heavy atom. The number of benzene rings is 1. The van der Waals surface area contributed by atoms with Crippen molar-refractivity contribution in [3.63, 3.8) is 0 Å². The molecule has 2 atom stereocenters. The molecule has 2 saturated carbocycles. The molecular weight excluding hydrogens is 322 g/mol. The van der Waals surface area contributed by atoms with Gasteiger partial charge in [-0.15, -0.1) is 0 Å². The number of fused-ring (bicyclic) bond motifs is 3. The first-order valence-electron chi connectivity index (χ1n) is 8.54. The van der Waals surface area contributed by atoms with E-state index in [4.69, 9.17) is 9.47 Å². The zero-order valence-corrected chi connectivity index (χ0v) is 14.6. The van der Waals surface area contributed by atoms with Crippen LogP contribution in [0.2, 0.25) is 0 Å². The number of nitrogens with one attached hydrogen (secondary N) is 1. The molecule has 6 nitrogen and oxygen atoms in total. The van der Waals surface area contributed by atoms with Crippen LogP contribution < -0.4 is 14.8 Å². The highest BCUT2D eigenvalue weighted by Crippen LogP contribution is 2.69. The molecule has 1 aromatic carbocycles. The van der Waals surface area contributed by atoms with Crippen LogP contribution in [0.4, 0.5) is 5.69 Å². The molecule has 1 amide bonds. The lowest BCUT2D eigenvalue weighted by atomic mass is 9.64. The normalized spacial score (nSPS) is 32.0. The molecule has 2 bridgehead atoms. The summed E-state index contributed by atoms with van der Waals surface area (Å²) in [6, 6.07) is 5.13. The monoisotopic (exact) mass is 343 g/mol. The molecule has 3 aliphatic rings. The largest absolute Gasteiger partial charge is 0.486 e. The molecule has 1 aromatic rings. The molecule has 0 radical (unpaired) electrons. The minimum atomic E-state index is -1.30. The van der Waals surface area contributed by atoms with Crippen LogP contribution in [-0.4, -0.2) is 30.7 Å². The van der Waals surface area contributed by atoms with E-state index in [2.05, 4.69) is 5.32 Å². The molecule has 1 N–H and O–H groups in total. The van der Waals surface area contributed by atoms with Crippen molar-refractivity contribution in [1.82, 2.24) is 0 Å². The zero-order valence-electron chi connectivity index (χ0n) is 14.6. The summed E-state index contributed by atoms with van der Waals surface area (Å²) in [5.74, 6) is -0.190. The SMILES string of the molecule is CC1(C)[C@]2(C(=O)Nc3ccc4c(c3)OCCO4)CC[C@]1(C)C(=O)C2=O. The summed E-state index contributed by atoms with van der Waals surface area (Å²) in [5.41, 5.74) is -2.26. The summed E-state index contributed by atoms with van der Waals surface area (Å²) in [7, 11) is 0. The van der Waals surface area contributed by atoms with E-state index < -0.39 is 33.7 Å². The van der Waals surface area contributed by atoms with Crippen LogP contribution in [0, 0.1) is 16.2 Å². The number of carbonyl (C=O) groups is 3. The molecule has 4 rings (SSSR count). The molecule has 1 aliphatic heterocycles. The summed E-state index contributed by atoms with van der Waals surface area (Å²) in [5, 5.41) is 2.83. The Bertz CT molecular complexity index is 814. The third kappa shape index (κ3) is 1.77. The van der Waals surface area contributed by atoms with Crippen LogP contribution in [0.3, 0.4) is 0 Å². The van der Waals surface area contributed by atoms with Crippen molar-refractivity contribution >= 4 is 23.2 Å². The summed E-state index contributed by atoms with van der Waals surface area (Å²) in [4.78, 5) is 38.3. The first-order chi connectivity index (χ1) is 11.7. The van der Waals surface area contributed by atoms with E-state index in [1.54, 1.807) is 25.1 Å². The molecule has 2 aliphatic carbocycles. The van der Waals surface area contributed by atoms with Crippen LogP contribution in [0.25, 0.3) is 0 Å². The van der Waals surface area contributed by atoms with Gasteiger partial charge in [0, 0.05) is 17.2 Å². The number of carbonyl (C=O) groups excluding carboxylic acids is 3. The van der Waals surface area contributed by atoms with E-state index in [1.165, 1.54) is 0 Å². The van der Waals surface area contributed by atoms with Crippen LogP contribution in [0.1, 0.15) is 33.6 Å². The quantitative estimate of drug-likeness (QED) is 0.658. The second-order valence-electron chi connectivity index (χ2n) is 7.83. The van der Waals surface area contributed by atoms with Gasteiger partial charge in [0.2, 0.25) is 17.5 Å². The zero-order chi connectivity index (χ0) is 18.0. The summed E-state index contributed by atoms with van der Waals surface area (Å²) in [6.45, 7) is 6.45. The Morgan fingerprint density at radius 1 is 1.00 bits per heavy atom. The Balaban J connectivity index is 1.67. The lowest BCUT2D eigenvalue weighted by Crippen LogP contribution is -2.47. The topological polar surface area (TPSA) is 81.7 Å². The summed E-state index contributed by atoms with van der Waals surface area (Å²) < 4.78 is 11.0. The van der Waals surface area contributed by atoms with E-state index in [9.17, 15) is 14.4 Å². The van der Waals surface area contributed by atoms with Crippen LogP contribution in [0.15, 0.2) is 18.2 Å². The summed E-state index contributed by atoms with van der Waals surface area (Å²) in [6.07, 6.45) is 0.955. The van der Waals surface area contributed by atoms with Gasteiger partial charge in [-0.2, -0.15) is 0 Å². The van der Waals surface area contributed by atoms with E-state index in [-0.39, 0.29) is 0 Å². The minimum Gasteiger partial charge on any atom is -0.486 e. The maximum atomic E-state index is 13.1. The molecule has 0 spiro atoms. The smallest absolute Gasteiger partial charge is 0.239 e. The van der Waals surface area contributed by atoms with Gasteiger partial charge >= 0.3 is 0 Å². The second kappa shape index (κ2) is 4.84. The van der Waals surface area contributed by atoms with Gasteiger partial charge in [0.1, 0.15) is 18.6 Å². The Hall–Kier alpha value is -2.37. The van der Waals surface area contributed by atoms with Gasteiger partial charge in [-0.05, 0) is 30.4 Å². The fourth-order valence-corrected chi connectivity index (χ4v) is 4.63. The highest BCUT2D eigenvalue weighted by molar-refractivity contribution is 6.49. The average Bonchev–Trinajstić information content (AvgIpc) is 2.86. The fourth-order valence-electron chi connectivity index (χ4n) is 4.63. The number of amides is 1. The van der Waals surface area contributed by atoms with Crippen molar-refractivity contribution < 1.29 is 23.9 Å². The van der Waals surface area contributed by atoms with Gasteiger partial charge in [-0.1, -0.05) is 20.8 Å². The summed E-state index contributed by atoms with van der Waals surface area (Å²) >= 11 is 0. The Morgan fingerprint density at radius 2 is 1.68 bits per heavy atom. The minimum absolute atomic E-state index is 0.400. The maximum Gasteiger partial charge on any atom is 0.239 e. The van der Waals surface area contributed by atoms with Crippen molar-refractivity contribution in [3.8, 4) is 11.5 Å². The number of anilines is 1. The highest BCUT2D eigenvalue weighted by Gasteiger charge is 2.77. The van der Waals surface area contributed by atoms with Crippen molar-refractivity contribution in [2.75, 3.05) is 18.5 Å². The standard InChI is InChI=1S/C19H21NO5/c1-17(2)18(3)6-7-19(17,15(22)14(18)21)16(23)20-11-4-5-12-13(10-11)25-9-8-24-12/h4-5,10H,6-9H2,1-3H3,(H,20,23)/t18-,19-/m1/s1. The van der Waals surface area contributed by atoms with Crippen molar-refractivity contribution in [1.29, 1.82) is 0 Å². The van der Waals surface area contributed by atoms with E-state index in [0.717, 1.165) is 0 Å². The van der Waals surface area contributed by atoms with Crippen LogP contribution >= 0.6 is 0 Å². The maximum absolute atomic E-state index is 13.1. The molecular formula is C19H21NO5. The predicted molar refractivity (Wildman–Crippen MR) is 89.6 cm³/mol. The molecule has 1 heterocycles. The van der Waals surface area contributed by atoms with Gasteiger partial charge < -0.3 is 14.8 Å². The molecule has 25 heavy (non-hydrogen) atoms. The van der Waals surface area contributed by atoms with Crippen molar-refractivity contribution in [2.24, 2.45) is 16.2 Å².